The topological polar surface area (TPSA) is 43.2 Å². The van der Waals surface area contributed by atoms with Crippen LogP contribution in [0.2, 0.25) is 0 Å². The number of hydrogen-bond acceptors (Lipinski definition) is 4. The average molecular weight is 415 g/mol. The van der Waals surface area contributed by atoms with Gasteiger partial charge >= 0.3 is 0 Å². The molecule has 0 saturated carbocycles. The molecule has 0 aliphatic rings. The number of fused-ring (bicyclic) bond motifs is 1. The highest BCUT2D eigenvalue weighted by atomic mass is 16.5. The SMILES string of the molecule is CCCN(CCC)c1ncnc2c1c(-c1ccccc1)cn2-c1ccc(OCC)cc1. The molecule has 0 unspecified atom stereocenters. The molecule has 31 heavy (non-hydrogen) atoms. The standard InChI is InChI=1S/C26H30N4O/c1-4-16-29(17-5-2)25-24-23(20-10-8-7-9-11-20)18-30(26(24)28-19-27-25)21-12-14-22(15-13-21)31-6-3/h7-15,18-19H,4-6,16-17H2,1-3H3. The van der Waals surface area contributed by atoms with Crippen molar-refractivity contribution in [1.29, 1.82) is 0 Å². The molecule has 160 valence electrons. The Bertz CT molecular complexity index is 1110. The van der Waals surface area contributed by atoms with E-state index in [-0.39, 0.29) is 0 Å². The van der Waals surface area contributed by atoms with Crippen molar-refractivity contribution in [3.05, 3.63) is 67.1 Å². The number of nitrogens with zero attached hydrogens (tertiary/aromatic N) is 4. The fourth-order valence-electron chi connectivity index (χ4n) is 4.05. The van der Waals surface area contributed by atoms with Gasteiger partial charge in [0.1, 0.15) is 17.9 Å². The first kappa shape index (κ1) is 20.9. The summed E-state index contributed by atoms with van der Waals surface area (Å²) in [5, 5.41) is 1.10. The van der Waals surface area contributed by atoms with Gasteiger partial charge in [-0.25, -0.2) is 9.97 Å². The maximum Gasteiger partial charge on any atom is 0.150 e. The summed E-state index contributed by atoms with van der Waals surface area (Å²) >= 11 is 0. The Morgan fingerprint density at radius 3 is 2.23 bits per heavy atom. The minimum atomic E-state index is 0.658. The lowest BCUT2D eigenvalue weighted by molar-refractivity contribution is 0.340. The fourth-order valence-corrected chi connectivity index (χ4v) is 4.05. The number of rotatable bonds is 9. The van der Waals surface area contributed by atoms with Crippen molar-refractivity contribution in [2.75, 3.05) is 24.6 Å². The van der Waals surface area contributed by atoms with Crippen LogP contribution >= 0.6 is 0 Å². The van der Waals surface area contributed by atoms with Crippen molar-refractivity contribution in [1.82, 2.24) is 14.5 Å². The van der Waals surface area contributed by atoms with Crippen LogP contribution in [0.4, 0.5) is 5.82 Å². The Kier molecular flexibility index (Phi) is 6.51. The van der Waals surface area contributed by atoms with Gasteiger partial charge in [0.25, 0.3) is 0 Å². The highest BCUT2D eigenvalue weighted by Crippen LogP contribution is 2.37. The van der Waals surface area contributed by atoms with Crippen molar-refractivity contribution < 1.29 is 4.74 Å². The molecule has 4 rings (SSSR count). The van der Waals surface area contributed by atoms with E-state index >= 15 is 0 Å². The third-order valence-electron chi connectivity index (χ3n) is 5.36. The summed E-state index contributed by atoms with van der Waals surface area (Å²) in [4.78, 5) is 11.9. The Labute approximate surface area is 184 Å². The molecule has 0 radical (unpaired) electrons. The molecule has 0 amide bonds. The van der Waals surface area contributed by atoms with Gasteiger partial charge < -0.3 is 14.2 Å². The van der Waals surface area contributed by atoms with Gasteiger partial charge in [0, 0.05) is 30.5 Å². The monoisotopic (exact) mass is 414 g/mol. The largest absolute Gasteiger partial charge is 0.494 e. The lowest BCUT2D eigenvalue weighted by atomic mass is 10.1. The second-order valence-corrected chi connectivity index (χ2v) is 7.59. The van der Waals surface area contributed by atoms with E-state index < -0.39 is 0 Å². The summed E-state index contributed by atoms with van der Waals surface area (Å²) in [6, 6.07) is 18.7. The summed E-state index contributed by atoms with van der Waals surface area (Å²) < 4.78 is 7.78. The normalized spacial score (nSPS) is 11.1. The van der Waals surface area contributed by atoms with E-state index in [0.717, 1.165) is 59.8 Å². The van der Waals surface area contributed by atoms with Gasteiger partial charge in [-0.05, 0) is 49.6 Å². The van der Waals surface area contributed by atoms with Crippen LogP contribution in [0, 0.1) is 0 Å². The summed E-state index contributed by atoms with van der Waals surface area (Å²) in [5.41, 5.74) is 4.29. The molecule has 2 aromatic carbocycles. The number of ether oxygens (including phenoxy) is 1. The molecule has 5 nitrogen and oxygen atoms in total. The van der Waals surface area contributed by atoms with Crippen molar-refractivity contribution >= 4 is 16.9 Å². The van der Waals surface area contributed by atoms with Crippen LogP contribution in [0.1, 0.15) is 33.6 Å². The van der Waals surface area contributed by atoms with Crippen LogP contribution in [-0.2, 0) is 0 Å². The quantitative estimate of drug-likeness (QED) is 0.331. The van der Waals surface area contributed by atoms with Gasteiger partial charge in [0.15, 0.2) is 5.65 Å². The second kappa shape index (κ2) is 9.65. The lowest BCUT2D eigenvalue weighted by Crippen LogP contribution is -2.26. The van der Waals surface area contributed by atoms with E-state index in [9.17, 15) is 0 Å². The molecular formula is C26H30N4O. The zero-order valence-corrected chi connectivity index (χ0v) is 18.6. The fraction of sp³-hybridized carbons (Fsp3) is 0.308. The van der Waals surface area contributed by atoms with Crippen LogP contribution in [0.15, 0.2) is 67.1 Å². The van der Waals surface area contributed by atoms with Crippen LogP contribution < -0.4 is 9.64 Å². The molecule has 0 spiro atoms. The number of benzene rings is 2. The Morgan fingerprint density at radius 2 is 1.58 bits per heavy atom. The van der Waals surface area contributed by atoms with E-state index in [1.54, 1.807) is 6.33 Å². The molecule has 0 aliphatic heterocycles. The molecule has 2 aromatic heterocycles. The molecule has 5 heteroatoms. The molecule has 4 aromatic rings. The highest BCUT2D eigenvalue weighted by Gasteiger charge is 2.20. The van der Waals surface area contributed by atoms with E-state index in [1.165, 1.54) is 5.56 Å². The first-order valence-electron chi connectivity index (χ1n) is 11.2. The van der Waals surface area contributed by atoms with Gasteiger partial charge in [0.2, 0.25) is 0 Å². The minimum Gasteiger partial charge on any atom is -0.494 e. The summed E-state index contributed by atoms with van der Waals surface area (Å²) in [6.45, 7) is 9.03. The van der Waals surface area contributed by atoms with Gasteiger partial charge in [-0.1, -0.05) is 44.2 Å². The number of anilines is 1. The van der Waals surface area contributed by atoms with Crippen LogP contribution in [0.3, 0.4) is 0 Å². The smallest absolute Gasteiger partial charge is 0.150 e. The predicted octanol–water partition coefficient (Wildman–Crippen LogP) is 6.11. The first-order chi connectivity index (χ1) is 15.3. The molecule has 2 heterocycles. The Balaban J connectivity index is 1.93. The zero-order valence-electron chi connectivity index (χ0n) is 18.6. The van der Waals surface area contributed by atoms with Crippen molar-refractivity contribution in [3.8, 4) is 22.6 Å². The van der Waals surface area contributed by atoms with Crippen LogP contribution in [-0.4, -0.2) is 34.2 Å². The maximum atomic E-state index is 5.62. The summed E-state index contributed by atoms with van der Waals surface area (Å²) in [7, 11) is 0. The van der Waals surface area contributed by atoms with E-state index in [4.69, 9.17) is 14.7 Å². The van der Waals surface area contributed by atoms with E-state index in [1.807, 2.05) is 25.1 Å². The zero-order chi connectivity index (χ0) is 21.6. The molecule has 0 atom stereocenters. The van der Waals surface area contributed by atoms with Crippen molar-refractivity contribution in [2.45, 2.75) is 33.6 Å². The Morgan fingerprint density at radius 1 is 0.871 bits per heavy atom. The first-order valence-corrected chi connectivity index (χ1v) is 11.2. The predicted molar refractivity (Wildman–Crippen MR) is 128 cm³/mol. The Hall–Kier alpha value is -3.34. The average Bonchev–Trinajstić information content (AvgIpc) is 3.20. The second-order valence-electron chi connectivity index (χ2n) is 7.59. The molecule has 0 bridgehead atoms. The van der Waals surface area contributed by atoms with Crippen LogP contribution in [0.5, 0.6) is 5.75 Å². The lowest BCUT2D eigenvalue weighted by Gasteiger charge is -2.23. The molecule has 0 N–H and O–H groups in total. The summed E-state index contributed by atoms with van der Waals surface area (Å²) in [5.74, 6) is 1.88. The van der Waals surface area contributed by atoms with Gasteiger partial charge in [-0.15, -0.1) is 0 Å². The van der Waals surface area contributed by atoms with Crippen LogP contribution in [0.25, 0.3) is 27.8 Å². The van der Waals surface area contributed by atoms with Gasteiger partial charge in [0.05, 0.1) is 12.0 Å². The van der Waals surface area contributed by atoms with E-state index in [0.29, 0.717) is 6.61 Å². The molecule has 0 saturated heterocycles. The van der Waals surface area contributed by atoms with Crippen molar-refractivity contribution in [3.63, 3.8) is 0 Å². The number of hydrogen-bond donors (Lipinski definition) is 0. The maximum absolute atomic E-state index is 5.62. The minimum absolute atomic E-state index is 0.658. The van der Waals surface area contributed by atoms with Gasteiger partial charge in [-0.2, -0.15) is 0 Å². The van der Waals surface area contributed by atoms with Crippen molar-refractivity contribution in [2.24, 2.45) is 0 Å². The van der Waals surface area contributed by atoms with E-state index in [2.05, 4.69) is 65.9 Å². The molecular weight excluding hydrogens is 384 g/mol. The third-order valence-corrected chi connectivity index (χ3v) is 5.36. The number of aromatic nitrogens is 3. The molecule has 0 fully saturated rings. The summed E-state index contributed by atoms with van der Waals surface area (Å²) in [6.07, 6.45) is 6.03. The highest BCUT2D eigenvalue weighted by molar-refractivity contribution is 6.02. The molecule has 0 aliphatic carbocycles. The third kappa shape index (κ3) is 4.26. The van der Waals surface area contributed by atoms with Gasteiger partial charge in [-0.3, -0.25) is 0 Å².